The summed E-state index contributed by atoms with van der Waals surface area (Å²) in [5.41, 5.74) is 2.63. The second-order valence-corrected chi connectivity index (χ2v) is 3.40. The maximum atomic E-state index is 4.50. The highest BCUT2D eigenvalue weighted by molar-refractivity contribution is 5.48. The summed E-state index contributed by atoms with van der Waals surface area (Å²) >= 11 is 0. The van der Waals surface area contributed by atoms with Gasteiger partial charge in [-0.05, 0) is 13.0 Å². The molecule has 0 atom stereocenters. The zero-order chi connectivity index (χ0) is 9.26. The molecule has 0 bridgehead atoms. The van der Waals surface area contributed by atoms with E-state index in [0.717, 1.165) is 25.9 Å². The van der Waals surface area contributed by atoms with Crippen molar-refractivity contribution >= 4 is 5.82 Å². The molecular weight excluding hydrogens is 164 g/mol. The molecule has 1 aliphatic heterocycles. The molecule has 1 aromatic heterocycles. The molecule has 0 aliphatic carbocycles. The van der Waals surface area contributed by atoms with Crippen molar-refractivity contribution in [3.63, 3.8) is 0 Å². The van der Waals surface area contributed by atoms with Gasteiger partial charge in [0.2, 0.25) is 0 Å². The molecule has 1 aliphatic rings. The third-order valence-corrected chi connectivity index (χ3v) is 2.56. The van der Waals surface area contributed by atoms with Crippen LogP contribution in [0.1, 0.15) is 11.3 Å². The Hall–Kier alpha value is -1.03. The largest absolute Gasteiger partial charge is 0.373 e. The van der Waals surface area contributed by atoms with E-state index in [1.807, 2.05) is 18.8 Å². The molecule has 0 saturated carbocycles. The van der Waals surface area contributed by atoms with Crippen LogP contribution < -0.4 is 10.6 Å². The van der Waals surface area contributed by atoms with Crippen molar-refractivity contribution in [1.82, 2.24) is 15.1 Å². The summed E-state index contributed by atoms with van der Waals surface area (Å²) in [6.45, 7) is 2.11. The minimum atomic E-state index is 1.05. The highest BCUT2D eigenvalue weighted by Crippen LogP contribution is 2.20. The van der Waals surface area contributed by atoms with Crippen LogP contribution in [-0.4, -0.2) is 29.9 Å². The van der Waals surface area contributed by atoms with E-state index < -0.39 is 0 Å². The zero-order valence-electron chi connectivity index (χ0n) is 8.22. The van der Waals surface area contributed by atoms with Crippen LogP contribution in [0.2, 0.25) is 0 Å². The summed E-state index contributed by atoms with van der Waals surface area (Å²) in [6, 6.07) is 0. The topological polar surface area (TPSA) is 41.9 Å². The Bertz CT molecular complexity index is 303. The summed E-state index contributed by atoms with van der Waals surface area (Å²) < 4.78 is 1.94. The summed E-state index contributed by atoms with van der Waals surface area (Å²) in [5.74, 6) is 1.17. The van der Waals surface area contributed by atoms with Gasteiger partial charge < -0.3 is 10.6 Å². The first-order valence-corrected chi connectivity index (χ1v) is 4.76. The predicted molar refractivity (Wildman–Crippen MR) is 53.0 cm³/mol. The summed E-state index contributed by atoms with van der Waals surface area (Å²) in [6.07, 6.45) is 2.13. The van der Waals surface area contributed by atoms with E-state index >= 15 is 0 Å². The van der Waals surface area contributed by atoms with Crippen molar-refractivity contribution in [2.45, 2.75) is 12.8 Å². The molecular formula is C9H16N4. The number of hydrogen-bond donors (Lipinski definition) is 2. The van der Waals surface area contributed by atoms with E-state index in [4.69, 9.17) is 0 Å². The number of rotatable bonds is 1. The lowest BCUT2D eigenvalue weighted by Crippen LogP contribution is -2.17. The van der Waals surface area contributed by atoms with Crippen LogP contribution in [0, 0.1) is 0 Å². The second-order valence-electron chi connectivity index (χ2n) is 3.40. The molecule has 72 valence electrons. The quantitative estimate of drug-likeness (QED) is 0.646. The normalized spacial score (nSPS) is 16.5. The number of nitrogens with one attached hydrogen (secondary N) is 2. The average molecular weight is 180 g/mol. The second kappa shape index (κ2) is 3.38. The summed E-state index contributed by atoms with van der Waals surface area (Å²) in [4.78, 5) is 0. The van der Waals surface area contributed by atoms with Crippen molar-refractivity contribution in [2.75, 3.05) is 25.5 Å². The van der Waals surface area contributed by atoms with E-state index in [-0.39, 0.29) is 0 Å². The predicted octanol–water partition coefficient (Wildman–Crippen LogP) is 0.150. The average Bonchev–Trinajstić information content (AvgIpc) is 2.32. The number of nitrogens with zero attached hydrogens (tertiary/aromatic N) is 2. The van der Waals surface area contributed by atoms with Crippen LogP contribution in [0.5, 0.6) is 0 Å². The van der Waals surface area contributed by atoms with E-state index in [2.05, 4.69) is 15.7 Å². The van der Waals surface area contributed by atoms with E-state index in [1.165, 1.54) is 17.1 Å². The maximum absolute atomic E-state index is 4.50. The molecule has 1 aromatic rings. The molecule has 0 radical (unpaired) electrons. The fourth-order valence-corrected chi connectivity index (χ4v) is 1.94. The van der Waals surface area contributed by atoms with Gasteiger partial charge in [0.25, 0.3) is 0 Å². The lowest BCUT2D eigenvalue weighted by molar-refractivity contribution is 0.683. The van der Waals surface area contributed by atoms with Gasteiger partial charge in [0, 0.05) is 32.6 Å². The molecule has 2 rings (SSSR count). The van der Waals surface area contributed by atoms with Crippen molar-refractivity contribution in [2.24, 2.45) is 7.05 Å². The molecule has 2 heterocycles. The Kier molecular flexibility index (Phi) is 2.22. The number of hydrogen-bond acceptors (Lipinski definition) is 3. The van der Waals surface area contributed by atoms with Crippen LogP contribution in [0.4, 0.5) is 5.82 Å². The Morgan fingerprint density at radius 3 is 2.92 bits per heavy atom. The van der Waals surface area contributed by atoms with Crippen LogP contribution in [-0.2, 0) is 19.9 Å². The molecule has 4 heteroatoms. The number of aromatic nitrogens is 2. The van der Waals surface area contributed by atoms with Crippen molar-refractivity contribution in [3.8, 4) is 0 Å². The van der Waals surface area contributed by atoms with Gasteiger partial charge in [-0.2, -0.15) is 5.10 Å². The summed E-state index contributed by atoms with van der Waals surface area (Å²) in [5, 5.41) is 11.1. The molecule has 0 saturated heterocycles. The smallest absolute Gasteiger partial charge is 0.127 e. The molecule has 0 amide bonds. The Morgan fingerprint density at radius 1 is 1.38 bits per heavy atom. The molecule has 2 N–H and O–H groups in total. The van der Waals surface area contributed by atoms with Crippen molar-refractivity contribution in [3.05, 3.63) is 11.3 Å². The van der Waals surface area contributed by atoms with Gasteiger partial charge in [-0.15, -0.1) is 0 Å². The van der Waals surface area contributed by atoms with Gasteiger partial charge in [0.15, 0.2) is 0 Å². The summed E-state index contributed by atoms with van der Waals surface area (Å²) in [7, 11) is 3.95. The van der Waals surface area contributed by atoms with Gasteiger partial charge in [0.05, 0.1) is 5.69 Å². The lowest BCUT2D eigenvalue weighted by atomic mass is 10.1. The van der Waals surface area contributed by atoms with E-state index in [1.54, 1.807) is 0 Å². The van der Waals surface area contributed by atoms with Crippen molar-refractivity contribution in [1.29, 1.82) is 0 Å². The van der Waals surface area contributed by atoms with Gasteiger partial charge in [0.1, 0.15) is 5.82 Å². The molecule has 4 nitrogen and oxygen atoms in total. The maximum Gasteiger partial charge on any atom is 0.127 e. The van der Waals surface area contributed by atoms with Gasteiger partial charge >= 0.3 is 0 Å². The van der Waals surface area contributed by atoms with Crippen molar-refractivity contribution < 1.29 is 0 Å². The molecule has 0 spiro atoms. The Labute approximate surface area is 78.3 Å². The highest BCUT2D eigenvalue weighted by Gasteiger charge is 2.16. The third kappa shape index (κ3) is 1.42. The standard InChI is InChI=1S/C9H16N4/c1-10-9-7-3-5-11-6-4-8(7)12-13(9)2/h10-11H,3-6H2,1-2H3. The molecule has 0 fully saturated rings. The fraction of sp³-hybridized carbons (Fsp3) is 0.667. The molecule has 0 unspecified atom stereocenters. The minimum absolute atomic E-state index is 1.05. The Morgan fingerprint density at radius 2 is 2.15 bits per heavy atom. The lowest BCUT2D eigenvalue weighted by Gasteiger charge is -2.03. The number of fused-ring (bicyclic) bond motifs is 1. The van der Waals surface area contributed by atoms with Crippen LogP contribution in [0.3, 0.4) is 0 Å². The zero-order valence-corrected chi connectivity index (χ0v) is 8.22. The Balaban J connectivity index is 2.41. The van der Waals surface area contributed by atoms with Gasteiger partial charge in [-0.3, -0.25) is 4.68 Å². The first-order chi connectivity index (χ1) is 6.33. The third-order valence-electron chi connectivity index (χ3n) is 2.56. The number of aryl methyl sites for hydroxylation is 1. The first-order valence-electron chi connectivity index (χ1n) is 4.76. The minimum Gasteiger partial charge on any atom is -0.373 e. The fourth-order valence-electron chi connectivity index (χ4n) is 1.94. The monoisotopic (exact) mass is 180 g/mol. The molecule has 0 aromatic carbocycles. The SMILES string of the molecule is CNc1c2c(nn1C)CCNCC2. The first kappa shape index (κ1) is 8.56. The van der Waals surface area contributed by atoms with Crippen LogP contribution >= 0.6 is 0 Å². The molecule has 13 heavy (non-hydrogen) atoms. The van der Waals surface area contributed by atoms with Crippen LogP contribution in [0.15, 0.2) is 0 Å². The van der Waals surface area contributed by atoms with Gasteiger partial charge in [-0.25, -0.2) is 0 Å². The van der Waals surface area contributed by atoms with Gasteiger partial charge in [-0.1, -0.05) is 0 Å². The highest BCUT2D eigenvalue weighted by atomic mass is 15.3. The number of anilines is 1. The van der Waals surface area contributed by atoms with E-state index in [0.29, 0.717) is 0 Å². The van der Waals surface area contributed by atoms with E-state index in [9.17, 15) is 0 Å². The van der Waals surface area contributed by atoms with Crippen LogP contribution in [0.25, 0.3) is 0 Å².